The number of aromatic nitrogens is 2. The van der Waals surface area contributed by atoms with Gasteiger partial charge >= 0.3 is 0 Å². The van der Waals surface area contributed by atoms with Crippen LogP contribution in [0, 0.1) is 0 Å². The predicted molar refractivity (Wildman–Crippen MR) is 69.3 cm³/mol. The normalized spacial score (nSPS) is 10.1. The Labute approximate surface area is 112 Å². The zero-order chi connectivity index (χ0) is 13.1. The van der Waals surface area contributed by atoms with E-state index in [1.165, 1.54) is 6.92 Å². The number of hydrogen-bond acceptors (Lipinski definition) is 5. The van der Waals surface area contributed by atoms with Gasteiger partial charge in [0.25, 0.3) is 5.91 Å². The van der Waals surface area contributed by atoms with E-state index in [9.17, 15) is 9.59 Å². The Kier molecular flexibility index (Phi) is 3.69. The number of anilines is 1. The molecule has 1 N–H and O–H groups in total. The molecule has 92 valence electrons. The molecule has 0 fully saturated rings. The maximum Gasteiger partial charge on any atom is 0.286 e. The van der Waals surface area contributed by atoms with E-state index in [0.29, 0.717) is 11.3 Å². The minimum Gasteiger partial charge on any atom is -0.320 e. The van der Waals surface area contributed by atoms with E-state index in [0.717, 1.165) is 11.3 Å². The van der Waals surface area contributed by atoms with Crippen LogP contribution in [-0.4, -0.2) is 21.9 Å². The predicted octanol–water partition coefficient (Wildman–Crippen LogP) is 2.65. The number of carbonyl (C=O) groups excluding carboxylic acids is 2. The number of Topliss-reactive ketones (excluding diaryl/α,β-unsaturated/α-hetero) is 1. The zero-order valence-corrected chi connectivity index (χ0v) is 10.9. The van der Waals surface area contributed by atoms with Gasteiger partial charge in [-0.1, -0.05) is 23.5 Å². The molecule has 0 aliphatic carbocycles. The van der Waals surface area contributed by atoms with Crippen molar-refractivity contribution in [3.63, 3.8) is 0 Å². The molecule has 0 unspecified atom stereocenters. The first-order valence-electron chi connectivity index (χ1n) is 4.97. The SMILES string of the molecule is CC(=O)c1cccc(NC(=O)c2nnc(Cl)s2)c1. The van der Waals surface area contributed by atoms with Crippen molar-refractivity contribution < 1.29 is 9.59 Å². The molecule has 1 heterocycles. The number of hydrogen-bond donors (Lipinski definition) is 1. The molecule has 2 aromatic rings. The van der Waals surface area contributed by atoms with Crippen molar-refractivity contribution >= 4 is 40.3 Å². The standard InChI is InChI=1S/C11H8ClN3O2S/c1-6(16)7-3-2-4-8(5-7)13-9(17)10-14-15-11(12)18-10/h2-5H,1H3,(H,13,17). The second-order valence-electron chi connectivity index (χ2n) is 3.45. The minimum absolute atomic E-state index is 0.0648. The Hall–Kier alpha value is -1.79. The summed E-state index contributed by atoms with van der Waals surface area (Å²) >= 11 is 6.58. The number of ketones is 1. The van der Waals surface area contributed by atoms with Crippen LogP contribution in [-0.2, 0) is 0 Å². The smallest absolute Gasteiger partial charge is 0.286 e. The average Bonchev–Trinajstić information content (AvgIpc) is 2.76. The lowest BCUT2D eigenvalue weighted by molar-refractivity contribution is 0.101. The summed E-state index contributed by atoms with van der Waals surface area (Å²) in [5, 5.41) is 9.97. The summed E-state index contributed by atoms with van der Waals surface area (Å²) < 4.78 is 0.206. The summed E-state index contributed by atoms with van der Waals surface area (Å²) in [6.45, 7) is 1.46. The van der Waals surface area contributed by atoms with Crippen LogP contribution in [0.5, 0.6) is 0 Å². The number of nitrogens with zero attached hydrogens (tertiary/aromatic N) is 2. The second-order valence-corrected chi connectivity index (χ2v) is 5.01. The van der Waals surface area contributed by atoms with Gasteiger partial charge in [0.15, 0.2) is 5.78 Å². The third-order valence-corrected chi connectivity index (χ3v) is 3.14. The molecule has 18 heavy (non-hydrogen) atoms. The van der Waals surface area contributed by atoms with Crippen molar-refractivity contribution in [3.05, 3.63) is 39.3 Å². The first-order chi connectivity index (χ1) is 8.56. The molecule has 7 heteroatoms. The van der Waals surface area contributed by atoms with Gasteiger partial charge in [-0.3, -0.25) is 9.59 Å². The van der Waals surface area contributed by atoms with Crippen LogP contribution >= 0.6 is 22.9 Å². The molecule has 0 aliphatic rings. The van der Waals surface area contributed by atoms with Crippen molar-refractivity contribution in [2.75, 3.05) is 5.32 Å². The largest absolute Gasteiger partial charge is 0.320 e. The van der Waals surface area contributed by atoms with Gasteiger partial charge < -0.3 is 5.32 Å². The lowest BCUT2D eigenvalue weighted by Gasteiger charge is -2.03. The summed E-state index contributed by atoms with van der Waals surface area (Å²) in [4.78, 5) is 23.0. The quantitative estimate of drug-likeness (QED) is 0.878. The van der Waals surface area contributed by atoms with Crippen molar-refractivity contribution in [2.24, 2.45) is 0 Å². The Morgan fingerprint density at radius 1 is 1.33 bits per heavy atom. The first-order valence-corrected chi connectivity index (χ1v) is 6.17. The topological polar surface area (TPSA) is 72.0 Å². The fourth-order valence-electron chi connectivity index (χ4n) is 1.30. The van der Waals surface area contributed by atoms with Crippen LogP contribution in [0.4, 0.5) is 5.69 Å². The van der Waals surface area contributed by atoms with Gasteiger partial charge in [0, 0.05) is 11.3 Å². The summed E-state index contributed by atoms with van der Waals surface area (Å²) in [7, 11) is 0. The lowest BCUT2D eigenvalue weighted by atomic mass is 10.1. The lowest BCUT2D eigenvalue weighted by Crippen LogP contribution is -2.12. The van der Waals surface area contributed by atoms with Gasteiger partial charge in [0.05, 0.1) is 0 Å². The van der Waals surface area contributed by atoms with Crippen molar-refractivity contribution in [1.29, 1.82) is 0 Å². The molecule has 1 aromatic carbocycles. The molecule has 1 aromatic heterocycles. The number of rotatable bonds is 3. The number of halogens is 1. The van der Waals surface area contributed by atoms with Gasteiger partial charge in [0.2, 0.25) is 9.47 Å². The molecule has 0 atom stereocenters. The maximum atomic E-state index is 11.8. The molecule has 0 aliphatic heterocycles. The van der Waals surface area contributed by atoms with Crippen LogP contribution < -0.4 is 5.32 Å². The number of benzene rings is 1. The summed E-state index contributed by atoms with van der Waals surface area (Å²) in [6.07, 6.45) is 0. The van der Waals surface area contributed by atoms with Crippen molar-refractivity contribution in [1.82, 2.24) is 10.2 Å². The monoisotopic (exact) mass is 281 g/mol. The molecule has 0 radical (unpaired) electrons. The van der Waals surface area contributed by atoms with Crippen LogP contribution in [0.3, 0.4) is 0 Å². The van der Waals surface area contributed by atoms with Crippen molar-refractivity contribution in [2.45, 2.75) is 6.92 Å². The van der Waals surface area contributed by atoms with Gasteiger partial charge in [0.1, 0.15) is 0 Å². The minimum atomic E-state index is -0.403. The van der Waals surface area contributed by atoms with E-state index >= 15 is 0 Å². The van der Waals surface area contributed by atoms with Crippen molar-refractivity contribution in [3.8, 4) is 0 Å². The summed E-state index contributed by atoms with van der Waals surface area (Å²) in [6, 6.07) is 6.66. The molecular weight excluding hydrogens is 274 g/mol. The Bertz CT molecular complexity index is 612. The van der Waals surface area contributed by atoms with Crippen LogP contribution in [0.25, 0.3) is 0 Å². The molecule has 5 nitrogen and oxygen atoms in total. The Morgan fingerprint density at radius 3 is 2.72 bits per heavy atom. The first kappa shape index (κ1) is 12.7. The highest BCUT2D eigenvalue weighted by atomic mass is 35.5. The fourth-order valence-corrected chi connectivity index (χ4v) is 2.02. The zero-order valence-electron chi connectivity index (χ0n) is 9.31. The van der Waals surface area contributed by atoms with E-state index in [4.69, 9.17) is 11.6 Å². The van der Waals surface area contributed by atoms with Gasteiger partial charge in [-0.05, 0) is 30.7 Å². The highest BCUT2D eigenvalue weighted by molar-refractivity contribution is 7.17. The molecule has 0 bridgehead atoms. The van der Waals surface area contributed by atoms with E-state index in [2.05, 4.69) is 15.5 Å². The van der Waals surface area contributed by atoms with Gasteiger partial charge in [-0.15, -0.1) is 10.2 Å². The van der Waals surface area contributed by atoms with Crippen LogP contribution in [0.2, 0.25) is 4.47 Å². The van der Waals surface area contributed by atoms with E-state index < -0.39 is 5.91 Å². The van der Waals surface area contributed by atoms with E-state index in [1.54, 1.807) is 24.3 Å². The summed E-state index contributed by atoms with van der Waals surface area (Å²) in [5.74, 6) is -0.467. The second kappa shape index (κ2) is 5.24. The fraction of sp³-hybridized carbons (Fsp3) is 0.0909. The molecule has 0 spiro atoms. The van der Waals surface area contributed by atoms with Crippen LogP contribution in [0.1, 0.15) is 27.1 Å². The van der Waals surface area contributed by atoms with E-state index in [1.807, 2.05) is 0 Å². The molecular formula is C11H8ClN3O2S. The number of nitrogens with one attached hydrogen (secondary N) is 1. The molecule has 1 amide bonds. The van der Waals surface area contributed by atoms with Gasteiger partial charge in [-0.25, -0.2) is 0 Å². The highest BCUT2D eigenvalue weighted by Crippen LogP contribution is 2.17. The average molecular weight is 282 g/mol. The third-order valence-electron chi connectivity index (χ3n) is 2.12. The third kappa shape index (κ3) is 2.91. The van der Waals surface area contributed by atoms with Crippen LogP contribution in [0.15, 0.2) is 24.3 Å². The van der Waals surface area contributed by atoms with Gasteiger partial charge in [-0.2, -0.15) is 0 Å². The molecule has 0 saturated heterocycles. The summed E-state index contributed by atoms with van der Waals surface area (Å²) in [5.41, 5.74) is 1.06. The Balaban J connectivity index is 2.16. The maximum absolute atomic E-state index is 11.8. The number of carbonyl (C=O) groups is 2. The van der Waals surface area contributed by atoms with E-state index in [-0.39, 0.29) is 15.3 Å². The molecule has 2 rings (SSSR count). The highest BCUT2D eigenvalue weighted by Gasteiger charge is 2.12. The molecule has 0 saturated carbocycles. The Morgan fingerprint density at radius 2 is 2.11 bits per heavy atom. The number of amides is 1.